The first-order valence-corrected chi connectivity index (χ1v) is 6.02. The number of aromatic amines is 1. The molecule has 0 radical (unpaired) electrons. The maximum Gasteiger partial charge on any atom is 0.404 e. The number of amides is 1. The number of fused-ring (bicyclic) bond motifs is 1. The minimum Gasteiger partial charge on any atom is -0.465 e. The molecular weight excluding hydrogens is 298 g/mol. The van der Waals surface area contributed by atoms with Gasteiger partial charge in [-0.05, 0) is 18.5 Å². The maximum absolute atomic E-state index is 14.1. The second kappa shape index (κ2) is 5.18. The topological polar surface area (TPSA) is 90.9 Å². The third kappa shape index (κ3) is 2.87. The van der Waals surface area contributed by atoms with Gasteiger partial charge < -0.3 is 15.4 Å². The fourth-order valence-electron chi connectivity index (χ4n) is 1.75. The van der Waals surface area contributed by atoms with E-state index in [1.165, 1.54) is 0 Å². The number of hydrogen-bond acceptors (Lipinski definition) is 3. The zero-order valence-electron chi connectivity index (χ0n) is 9.67. The number of H-pyrrole nitrogens is 1. The Morgan fingerprint density at radius 1 is 1.53 bits per heavy atom. The average Bonchev–Trinajstić information content (AvgIpc) is 2.53. The standard InChI is InChI=1S/C10H9Cl2FN4O2/c1-3(14-10(18)19)2-4-6(13)5-7(11)16-9(12)17-8(5)15-4/h3,14H,2H2,1H3,(H,18,19)(H,15,16,17). The molecule has 6 nitrogen and oxygen atoms in total. The van der Waals surface area contributed by atoms with E-state index in [0.717, 1.165) is 0 Å². The van der Waals surface area contributed by atoms with Crippen molar-refractivity contribution in [1.82, 2.24) is 20.3 Å². The summed E-state index contributed by atoms with van der Waals surface area (Å²) in [6, 6.07) is -0.470. The second-order valence-corrected chi connectivity index (χ2v) is 4.68. The summed E-state index contributed by atoms with van der Waals surface area (Å²) in [6.07, 6.45) is -1.05. The van der Waals surface area contributed by atoms with Crippen molar-refractivity contribution in [2.45, 2.75) is 19.4 Å². The van der Waals surface area contributed by atoms with Gasteiger partial charge in [0.05, 0.1) is 11.1 Å². The fourth-order valence-corrected chi connectivity index (χ4v) is 2.21. The van der Waals surface area contributed by atoms with Gasteiger partial charge in [-0.2, -0.15) is 4.98 Å². The largest absolute Gasteiger partial charge is 0.465 e. The average molecular weight is 307 g/mol. The predicted molar refractivity (Wildman–Crippen MR) is 68.2 cm³/mol. The molecule has 2 aromatic rings. The Labute approximate surface area is 116 Å². The number of hydrogen-bond donors (Lipinski definition) is 3. The van der Waals surface area contributed by atoms with Gasteiger partial charge in [-0.3, -0.25) is 0 Å². The number of aromatic nitrogens is 3. The van der Waals surface area contributed by atoms with Gasteiger partial charge in [0, 0.05) is 12.5 Å². The Morgan fingerprint density at radius 3 is 2.84 bits per heavy atom. The third-order valence-electron chi connectivity index (χ3n) is 2.47. The molecule has 0 bridgehead atoms. The molecule has 0 aromatic carbocycles. The van der Waals surface area contributed by atoms with Crippen molar-refractivity contribution in [3.63, 3.8) is 0 Å². The van der Waals surface area contributed by atoms with Crippen LogP contribution in [-0.2, 0) is 6.42 Å². The number of carbonyl (C=O) groups is 1. The Kier molecular flexibility index (Phi) is 3.77. The Bertz CT molecular complexity index is 646. The lowest BCUT2D eigenvalue weighted by Gasteiger charge is -2.09. The van der Waals surface area contributed by atoms with Crippen LogP contribution in [0.1, 0.15) is 12.6 Å². The Morgan fingerprint density at radius 2 is 2.21 bits per heavy atom. The van der Waals surface area contributed by atoms with Gasteiger partial charge in [-0.25, -0.2) is 14.2 Å². The summed E-state index contributed by atoms with van der Waals surface area (Å²) in [7, 11) is 0. The SMILES string of the molecule is CC(Cc1[nH]c2nc(Cl)nc(Cl)c2c1F)NC(=O)O. The van der Waals surface area contributed by atoms with Gasteiger partial charge in [0.15, 0.2) is 5.82 Å². The predicted octanol–water partition coefficient (Wildman–Crippen LogP) is 2.60. The summed E-state index contributed by atoms with van der Waals surface area (Å²) in [5.74, 6) is -0.601. The minimum absolute atomic E-state index is 0.0450. The van der Waals surface area contributed by atoms with Crippen LogP contribution in [0.15, 0.2) is 0 Å². The molecule has 2 rings (SSSR count). The summed E-state index contributed by atoms with van der Waals surface area (Å²) in [4.78, 5) is 20.7. The van der Waals surface area contributed by atoms with E-state index < -0.39 is 18.0 Å². The molecule has 1 atom stereocenters. The number of nitrogens with one attached hydrogen (secondary N) is 2. The maximum atomic E-state index is 14.1. The number of halogens is 3. The molecule has 19 heavy (non-hydrogen) atoms. The highest BCUT2D eigenvalue weighted by Gasteiger charge is 2.19. The quantitative estimate of drug-likeness (QED) is 0.600. The zero-order valence-corrected chi connectivity index (χ0v) is 11.2. The molecule has 9 heteroatoms. The highest BCUT2D eigenvalue weighted by Crippen LogP contribution is 2.27. The molecule has 1 unspecified atom stereocenters. The molecule has 2 heterocycles. The first-order chi connectivity index (χ1) is 8.88. The third-order valence-corrected chi connectivity index (χ3v) is 2.91. The second-order valence-electron chi connectivity index (χ2n) is 3.98. The molecule has 0 aliphatic heterocycles. The Balaban J connectivity index is 2.37. The highest BCUT2D eigenvalue weighted by molar-refractivity contribution is 6.35. The van der Waals surface area contributed by atoms with E-state index in [0.29, 0.717) is 0 Å². The van der Waals surface area contributed by atoms with Crippen molar-refractivity contribution in [3.05, 3.63) is 21.9 Å². The van der Waals surface area contributed by atoms with Crippen molar-refractivity contribution in [1.29, 1.82) is 0 Å². The van der Waals surface area contributed by atoms with Crippen LogP contribution in [-0.4, -0.2) is 32.2 Å². The first kappa shape index (κ1) is 13.8. The van der Waals surface area contributed by atoms with E-state index in [9.17, 15) is 9.18 Å². The van der Waals surface area contributed by atoms with Gasteiger partial charge in [0.25, 0.3) is 0 Å². The van der Waals surface area contributed by atoms with E-state index in [-0.39, 0.29) is 33.6 Å². The van der Waals surface area contributed by atoms with Crippen LogP contribution < -0.4 is 5.32 Å². The minimum atomic E-state index is -1.18. The number of rotatable bonds is 3. The number of carboxylic acid groups (broad SMARTS) is 1. The smallest absolute Gasteiger partial charge is 0.404 e. The van der Waals surface area contributed by atoms with E-state index in [4.69, 9.17) is 28.3 Å². The lowest BCUT2D eigenvalue weighted by atomic mass is 10.2. The molecule has 0 spiro atoms. The van der Waals surface area contributed by atoms with Crippen LogP contribution in [0.5, 0.6) is 0 Å². The molecule has 102 valence electrons. The lowest BCUT2D eigenvalue weighted by Crippen LogP contribution is -2.32. The molecule has 1 amide bonds. The molecule has 0 fully saturated rings. The van der Waals surface area contributed by atoms with Crippen LogP contribution in [0, 0.1) is 5.82 Å². The van der Waals surface area contributed by atoms with Crippen LogP contribution in [0.4, 0.5) is 9.18 Å². The zero-order chi connectivity index (χ0) is 14.2. The fraction of sp³-hybridized carbons (Fsp3) is 0.300. The molecule has 0 saturated carbocycles. The van der Waals surface area contributed by atoms with Gasteiger partial charge >= 0.3 is 6.09 Å². The summed E-state index contributed by atoms with van der Waals surface area (Å²) in [5.41, 5.74) is 0.370. The van der Waals surface area contributed by atoms with E-state index in [1.807, 2.05) is 0 Å². The normalized spacial score (nSPS) is 12.6. The van der Waals surface area contributed by atoms with Gasteiger partial charge in [-0.1, -0.05) is 11.6 Å². The summed E-state index contributed by atoms with van der Waals surface area (Å²) >= 11 is 11.4. The first-order valence-electron chi connectivity index (χ1n) is 5.27. The van der Waals surface area contributed by atoms with E-state index >= 15 is 0 Å². The molecule has 3 N–H and O–H groups in total. The van der Waals surface area contributed by atoms with Gasteiger partial charge in [-0.15, -0.1) is 0 Å². The molecule has 0 saturated heterocycles. The van der Waals surface area contributed by atoms with Crippen LogP contribution in [0.25, 0.3) is 11.0 Å². The molecule has 2 aromatic heterocycles. The lowest BCUT2D eigenvalue weighted by molar-refractivity contribution is 0.190. The molecule has 0 aliphatic carbocycles. The number of nitrogens with zero attached hydrogens (tertiary/aromatic N) is 2. The highest BCUT2D eigenvalue weighted by atomic mass is 35.5. The van der Waals surface area contributed by atoms with Crippen LogP contribution >= 0.6 is 23.2 Å². The van der Waals surface area contributed by atoms with Crippen molar-refractivity contribution < 1.29 is 14.3 Å². The monoisotopic (exact) mass is 306 g/mol. The molecule has 0 aliphatic rings. The van der Waals surface area contributed by atoms with Crippen LogP contribution in [0.3, 0.4) is 0 Å². The summed E-state index contributed by atoms with van der Waals surface area (Å²) in [5, 5.41) is 10.7. The Hall–Kier alpha value is -1.60. The van der Waals surface area contributed by atoms with Crippen molar-refractivity contribution in [2.24, 2.45) is 0 Å². The van der Waals surface area contributed by atoms with Crippen molar-refractivity contribution in [3.8, 4) is 0 Å². The summed E-state index contributed by atoms with van der Waals surface area (Å²) in [6.45, 7) is 1.61. The van der Waals surface area contributed by atoms with E-state index in [1.54, 1.807) is 6.92 Å². The van der Waals surface area contributed by atoms with Crippen molar-refractivity contribution >= 4 is 40.3 Å². The van der Waals surface area contributed by atoms with Crippen molar-refractivity contribution in [2.75, 3.05) is 0 Å². The van der Waals surface area contributed by atoms with E-state index in [2.05, 4.69) is 20.3 Å². The van der Waals surface area contributed by atoms with Gasteiger partial charge in [0.1, 0.15) is 10.8 Å². The summed E-state index contributed by atoms with van der Waals surface area (Å²) < 4.78 is 14.1. The van der Waals surface area contributed by atoms with Crippen LogP contribution in [0.2, 0.25) is 10.4 Å². The molecular formula is C10H9Cl2FN4O2. The van der Waals surface area contributed by atoms with Gasteiger partial charge in [0.2, 0.25) is 5.28 Å².